The number of rotatable bonds is 1. The van der Waals surface area contributed by atoms with Crippen LogP contribution >= 0.6 is 11.8 Å². The summed E-state index contributed by atoms with van der Waals surface area (Å²) in [4.78, 5) is 0. The summed E-state index contributed by atoms with van der Waals surface area (Å²) in [6.45, 7) is 5.50. The van der Waals surface area contributed by atoms with Gasteiger partial charge in [0.1, 0.15) is 0 Å². The maximum atomic E-state index is 3.55. The zero-order valence-corrected chi connectivity index (χ0v) is 9.66. The Balaban J connectivity index is 2.21. The molecule has 2 heteroatoms. The molecule has 0 saturated carbocycles. The first-order valence-corrected chi connectivity index (χ1v) is 6.24. The Morgan fingerprint density at radius 2 is 1.93 bits per heavy atom. The molecule has 76 valence electrons. The molecule has 14 heavy (non-hydrogen) atoms. The van der Waals surface area contributed by atoms with Crippen LogP contribution in [-0.2, 0) is 0 Å². The van der Waals surface area contributed by atoms with E-state index in [-0.39, 0.29) is 0 Å². The van der Waals surface area contributed by atoms with Crippen LogP contribution in [-0.4, -0.2) is 12.3 Å². The lowest BCUT2D eigenvalue weighted by molar-refractivity contribution is 0.642. The Morgan fingerprint density at radius 1 is 1.21 bits per heavy atom. The van der Waals surface area contributed by atoms with Crippen LogP contribution in [0.5, 0.6) is 0 Å². The fourth-order valence-electron chi connectivity index (χ4n) is 1.94. The van der Waals surface area contributed by atoms with E-state index < -0.39 is 0 Å². The minimum atomic E-state index is 0.516. The molecule has 0 amide bonds. The first-order chi connectivity index (χ1) is 6.75. The van der Waals surface area contributed by atoms with Gasteiger partial charge in [0.15, 0.2) is 0 Å². The molecule has 1 saturated heterocycles. The summed E-state index contributed by atoms with van der Waals surface area (Å²) < 4.78 is 0. The summed E-state index contributed by atoms with van der Waals surface area (Å²) >= 11 is 2.02. The summed E-state index contributed by atoms with van der Waals surface area (Å²) in [5.74, 6) is 1.28. The predicted molar refractivity (Wildman–Crippen MR) is 63.7 cm³/mol. The highest BCUT2D eigenvalue weighted by molar-refractivity contribution is 7.99. The van der Waals surface area contributed by atoms with Gasteiger partial charge in [-0.2, -0.15) is 0 Å². The van der Waals surface area contributed by atoms with Crippen LogP contribution in [0, 0.1) is 13.8 Å². The predicted octanol–water partition coefficient (Wildman–Crippen LogP) is 3.03. The average molecular weight is 207 g/mol. The second kappa shape index (κ2) is 4.37. The van der Waals surface area contributed by atoms with Crippen molar-refractivity contribution in [3.05, 3.63) is 34.9 Å². The average Bonchev–Trinajstić information content (AvgIpc) is 2.18. The Morgan fingerprint density at radius 3 is 2.50 bits per heavy atom. The third-order valence-corrected chi connectivity index (χ3v) is 3.78. The lowest BCUT2D eigenvalue weighted by Crippen LogP contribution is -2.25. The van der Waals surface area contributed by atoms with E-state index in [1.165, 1.54) is 28.9 Å². The van der Waals surface area contributed by atoms with Crippen LogP contribution in [0.3, 0.4) is 0 Å². The van der Waals surface area contributed by atoms with E-state index in [4.69, 9.17) is 0 Å². The molecule has 0 aliphatic carbocycles. The molecule has 1 aromatic rings. The Kier molecular flexibility index (Phi) is 3.14. The van der Waals surface area contributed by atoms with E-state index in [0.717, 1.165) is 6.54 Å². The second-order valence-corrected chi connectivity index (χ2v) is 5.19. The monoisotopic (exact) mass is 207 g/mol. The molecule has 0 aromatic heterocycles. The van der Waals surface area contributed by atoms with Gasteiger partial charge in [-0.25, -0.2) is 0 Å². The zero-order chi connectivity index (χ0) is 9.97. The number of hydrogen-bond donors (Lipinski definition) is 1. The normalized spacial score (nSPS) is 22.3. The van der Waals surface area contributed by atoms with Gasteiger partial charge < -0.3 is 5.32 Å². The number of thioether (sulfide) groups is 1. The molecule has 2 rings (SSSR count). The van der Waals surface area contributed by atoms with Gasteiger partial charge in [-0.15, -0.1) is 11.8 Å². The molecule has 1 aliphatic rings. The molecule has 0 radical (unpaired) electrons. The molecular formula is C12H17NS. The highest BCUT2D eigenvalue weighted by atomic mass is 32.2. The SMILES string of the molecule is Cc1cc(C)cc(C2NCCCS2)c1. The summed E-state index contributed by atoms with van der Waals surface area (Å²) in [5.41, 5.74) is 4.17. The van der Waals surface area contributed by atoms with Crippen molar-refractivity contribution in [1.82, 2.24) is 5.32 Å². The molecular weight excluding hydrogens is 190 g/mol. The Bertz CT molecular complexity index is 296. The Hall–Kier alpha value is -0.470. The van der Waals surface area contributed by atoms with Crippen LogP contribution in [0.2, 0.25) is 0 Å². The molecule has 1 aromatic carbocycles. The third kappa shape index (κ3) is 2.31. The molecule has 1 fully saturated rings. The van der Waals surface area contributed by atoms with E-state index >= 15 is 0 Å². The fourth-order valence-corrected chi connectivity index (χ4v) is 3.05. The standard InChI is InChI=1S/C12H17NS/c1-9-6-10(2)8-11(7-9)12-13-4-3-5-14-12/h6-8,12-13H,3-5H2,1-2H3. The van der Waals surface area contributed by atoms with Crippen LogP contribution in [0.25, 0.3) is 0 Å². The van der Waals surface area contributed by atoms with Gasteiger partial charge >= 0.3 is 0 Å². The lowest BCUT2D eigenvalue weighted by atomic mass is 10.1. The van der Waals surface area contributed by atoms with Gasteiger partial charge in [-0.3, -0.25) is 0 Å². The molecule has 1 unspecified atom stereocenters. The quantitative estimate of drug-likeness (QED) is 0.759. The largest absolute Gasteiger partial charge is 0.302 e. The number of hydrogen-bond acceptors (Lipinski definition) is 2. The molecule has 0 spiro atoms. The van der Waals surface area contributed by atoms with Crippen molar-refractivity contribution in [2.75, 3.05) is 12.3 Å². The van der Waals surface area contributed by atoms with Crippen molar-refractivity contribution < 1.29 is 0 Å². The summed E-state index contributed by atoms with van der Waals surface area (Å²) in [6, 6.07) is 6.82. The number of aryl methyl sites for hydroxylation is 2. The van der Waals surface area contributed by atoms with E-state index in [1.807, 2.05) is 11.8 Å². The first kappa shape index (κ1) is 10.1. The zero-order valence-electron chi connectivity index (χ0n) is 8.84. The second-order valence-electron chi connectivity index (χ2n) is 3.98. The molecule has 1 heterocycles. The van der Waals surface area contributed by atoms with Crippen LogP contribution < -0.4 is 5.32 Å². The number of benzene rings is 1. The van der Waals surface area contributed by atoms with Crippen molar-refractivity contribution >= 4 is 11.8 Å². The van der Waals surface area contributed by atoms with Crippen molar-refractivity contribution in [2.45, 2.75) is 25.6 Å². The van der Waals surface area contributed by atoms with Crippen LogP contribution in [0.4, 0.5) is 0 Å². The Labute approximate surface area is 90.3 Å². The summed E-state index contributed by atoms with van der Waals surface area (Å²) in [5, 5.41) is 4.07. The van der Waals surface area contributed by atoms with Crippen molar-refractivity contribution in [2.24, 2.45) is 0 Å². The maximum absolute atomic E-state index is 3.55. The molecule has 1 nitrogen and oxygen atoms in total. The van der Waals surface area contributed by atoms with Crippen molar-refractivity contribution in [3.63, 3.8) is 0 Å². The minimum Gasteiger partial charge on any atom is -0.302 e. The van der Waals surface area contributed by atoms with Crippen LogP contribution in [0.1, 0.15) is 28.5 Å². The van der Waals surface area contributed by atoms with E-state index in [9.17, 15) is 0 Å². The van der Waals surface area contributed by atoms with E-state index in [2.05, 4.69) is 37.4 Å². The van der Waals surface area contributed by atoms with Crippen LogP contribution in [0.15, 0.2) is 18.2 Å². The molecule has 1 N–H and O–H groups in total. The van der Waals surface area contributed by atoms with Gasteiger partial charge in [0.25, 0.3) is 0 Å². The maximum Gasteiger partial charge on any atom is 0.0789 e. The fraction of sp³-hybridized carbons (Fsp3) is 0.500. The highest BCUT2D eigenvalue weighted by Crippen LogP contribution is 2.30. The lowest BCUT2D eigenvalue weighted by Gasteiger charge is -2.24. The van der Waals surface area contributed by atoms with Crippen molar-refractivity contribution in [1.29, 1.82) is 0 Å². The third-order valence-electron chi connectivity index (χ3n) is 2.48. The van der Waals surface area contributed by atoms with Gasteiger partial charge in [0.05, 0.1) is 5.37 Å². The van der Waals surface area contributed by atoms with Gasteiger partial charge in [-0.05, 0) is 38.1 Å². The van der Waals surface area contributed by atoms with Gasteiger partial charge in [-0.1, -0.05) is 29.3 Å². The smallest absolute Gasteiger partial charge is 0.0789 e. The minimum absolute atomic E-state index is 0.516. The molecule has 1 aliphatic heterocycles. The summed E-state index contributed by atoms with van der Waals surface area (Å²) in [7, 11) is 0. The molecule has 1 atom stereocenters. The van der Waals surface area contributed by atoms with Crippen molar-refractivity contribution in [3.8, 4) is 0 Å². The van der Waals surface area contributed by atoms with E-state index in [0.29, 0.717) is 5.37 Å². The number of nitrogens with one attached hydrogen (secondary N) is 1. The van der Waals surface area contributed by atoms with Gasteiger partial charge in [0, 0.05) is 0 Å². The first-order valence-electron chi connectivity index (χ1n) is 5.19. The molecule has 0 bridgehead atoms. The summed E-state index contributed by atoms with van der Waals surface area (Å²) in [6.07, 6.45) is 1.30. The van der Waals surface area contributed by atoms with Gasteiger partial charge in [0.2, 0.25) is 0 Å². The van der Waals surface area contributed by atoms with E-state index in [1.54, 1.807) is 0 Å². The highest BCUT2D eigenvalue weighted by Gasteiger charge is 2.15. The topological polar surface area (TPSA) is 12.0 Å².